The predicted octanol–water partition coefficient (Wildman–Crippen LogP) is 8.08. The zero-order valence-electron chi connectivity index (χ0n) is 22.6. The summed E-state index contributed by atoms with van der Waals surface area (Å²) in [5, 5.41) is 0. The lowest BCUT2D eigenvalue weighted by atomic mass is 10.0. The summed E-state index contributed by atoms with van der Waals surface area (Å²) in [6.07, 6.45) is 24.3. The Morgan fingerprint density at radius 3 is 1.03 bits per heavy atom. The third-order valence-electron chi connectivity index (χ3n) is 5.95. The molecule has 190 valence electrons. The van der Waals surface area contributed by atoms with Gasteiger partial charge >= 0.3 is 8.80 Å². The molecule has 0 aliphatic heterocycles. The van der Waals surface area contributed by atoms with Crippen molar-refractivity contribution in [1.29, 1.82) is 0 Å². The lowest BCUT2D eigenvalue weighted by Gasteiger charge is -2.23. The van der Waals surface area contributed by atoms with Crippen LogP contribution in [0, 0.1) is 0 Å². The first-order valence-electron chi connectivity index (χ1n) is 13.3. The van der Waals surface area contributed by atoms with Crippen LogP contribution in [0.2, 0.25) is 6.04 Å². The SMILES string of the molecule is CCCCCCCCCCCCCCCCCCN(C)C.CCC[Si](OC)(OC)OC. The van der Waals surface area contributed by atoms with Crippen molar-refractivity contribution in [2.24, 2.45) is 0 Å². The Balaban J connectivity index is 0. The monoisotopic (exact) mass is 461 g/mol. The van der Waals surface area contributed by atoms with Crippen LogP contribution in [0.1, 0.15) is 123 Å². The minimum atomic E-state index is -2.22. The number of nitrogens with zero attached hydrogens (tertiary/aromatic N) is 1. The summed E-state index contributed by atoms with van der Waals surface area (Å²) < 4.78 is 15.5. The minimum absolute atomic E-state index is 0.885. The molecule has 0 heterocycles. The van der Waals surface area contributed by atoms with Gasteiger partial charge in [0.2, 0.25) is 0 Å². The van der Waals surface area contributed by atoms with Crippen molar-refractivity contribution >= 4 is 8.80 Å². The molecule has 0 spiro atoms. The fraction of sp³-hybridized carbons (Fsp3) is 1.00. The van der Waals surface area contributed by atoms with Crippen molar-refractivity contribution in [3.63, 3.8) is 0 Å². The van der Waals surface area contributed by atoms with Gasteiger partial charge in [-0.2, -0.15) is 0 Å². The summed E-state index contributed by atoms with van der Waals surface area (Å²) in [5.41, 5.74) is 0. The van der Waals surface area contributed by atoms with Crippen LogP contribution < -0.4 is 0 Å². The van der Waals surface area contributed by atoms with Gasteiger partial charge in [-0.1, -0.05) is 117 Å². The Kier molecular flexibility index (Phi) is 28.2. The van der Waals surface area contributed by atoms with E-state index in [0.717, 1.165) is 12.5 Å². The van der Waals surface area contributed by atoms with E-state index >= 15 is 0 Å². The average molecular weight is 462 g/mol. The minimum Gasteiger partial charge on any atom is -0.377 e. The summed E-state index contributed by atoms with van der Waals surface area (Å²) in [6.45, 7) is 5.64. The fourth-order valence-electron chi connectivity index (χ4n) is 3.84. The molecule has 0 aromatic rings. The predicted molar refractivity (Wildman–Crippen MR) is 140 cm³/mol. The smallest absolute Gasteiger partial charge is 0.377 e. The van der Waals surface area contributed by atoms with E-state index in [1.165, 1.54) is 109 Å². The number of rotatable bonds is 22. The van der Waals surface area contributed by atoms with Crippen LogP contribution in [0.25, 0.3) is 0 Å². The third kappa shape index (κ3) is 24.5. The molecule has 0 N–H and O–H groups in total. The molecule has 0 radical (unpaired) electrons. The number of unbranched alkanes of at least 4 members (excludes halogenated alkanes) is 15. The van der Waals surface area contributed by atoms with Gasteiger partial charge in [-0.15, -0.1) is 0 Å². The maximum absolute atomic E-state index is 5.17. The lowest BCUT2D eigenvalue weighted by molar-refractivity contribution is 0.123. The first-order chi connectivity index (χ1) is 15.0. The summed E-state index contributed by atoms with van der Waals surface area (Å²) in [4.78, 5) is 2.30. The second-order valence-corrected chi connectivity index (χ2v) is 12.2. The molecular formula is C26H59NO3Si. The topological polar surface area (TPSA) is 30.9 Å². The summed E-state index contributed by atoms with van der Waals surface area (Å²) >= 11 is 0. The lowest BCUT2D eigenvalue weighted by Crippen LogP contribution is -2.42. The van der Waals surface area contributed by atoms with E-state index < -0.39 is 8.80 Å². The summed E-state index contributed by atoms with van der Waals surface area (Å²) in [6, 6.07) is 0.885. The zero-order chi connectivity index (χ0) is 23.6. The molecule has 0 aliphatic carbocycles. The standard InChI is InChI=1S/C20H43N.C6H16O3Si/c1-4-5-6-7-8-9-10-11-12-13-14-15-16-17-18-19-20-21(2)3;1-5-6-10(7-2,8-3)9-4/h4-20H2,1-3H3;5-6H2,1-4H3. The van der Waals surface area contributed by atoms with Crippen molar-refractivity contribution in [3.8, 4) is 0 Å². The van der Waals surface area contributed by atoms with Gasteiger partial charge in [0, 0.05) is 27.4 Å². The Morgan fingerprint density at radius 1 is 0.484 bits per heavy atom. The molecule has 0 fully saturated rings. The highest BCUT2D eigenvalue weighted by atomic mass is 28.4. The van der Waals surface area contributed by atoms with E-state index in [2.05, 4.69) is 32.8 Å². The van der Waals surface area contributed by atoms with Gasteiger partial charge < -0.3 is 18.2 Å². The van der Waals surface area contributed by atoms with Crippen LogP contribution in [0.3, 0.4) is 0 Å². The Labute approximate surface area is 198 Å². The molecule has 0 saturated carbocycles. The second-order valence-electron chi connectivity index (χ2n) is 9.15. The van der Waals surface area contributed by atoms with Crippen molar-refractivity contribution in [3.05, 3.63) is 0 Å². The normalized spacial score (nSPS) is 11.6. The molecule has 0 amide bonds. The molecule has 0 rings (SSSR count). The number of hydrogen-bond donors (Lipinski definition) is 0. The van der Waals surface area contributed by atoms with E-state index in [-0.39, 0.29) is 0 Å². The van der Waals surface area contributed by atoms with Crippen LogP contribution in [0.5, 0.6) is 0 Å². The zero-order valence-corrected chi connectivity index (χ0v) is 23.6. The Bertz CT molecular complexity index is 318. The molecule has 4 nitrogen and oxygen atoms in total. The van der Waals surface area contributed by atoms with E-state index in [1.807, 2.05) is 0 Å². The van der Waals surface area contributed by atoms with Crippen molar-refractivity contribution in [1.82, 2.24) is 4.90 Å². The third-order valence-corrected chi connectivity index (χ3v) is 8.93. The molecule has 0 aromatic carbocycles. The maximum atomic E-state index is 5.17. The van der Waals surface area contributed by atoms with Crippen LogP contribution >= 0.6 is 0 Å². The molecule has 31 heavy (non-hydrogen) atoms. The molecular weight excluding hydrogens is 402 g/mol. The second kappa shape index (κ2) is 26.3. The highest BCUT2D eigenvalue weighted by Crippen LogP contribution is 2.14. The quantitative estimate of drug-likeness (QED) is 0.120. The van der Waals surface area contributed by atoms with Crippen molar-refractivity contribution in [2.45, 2.75) is 129 Å². The van der Waals surface area contributed by atoms with Gasteiger partial charge in [0.1, 0.15) is 0 Å². The first-order valence-corrected chi connectivity index (χ1v) is 15.2. The highest BCUT2D eigenvalue weighted by molar-refractivity contribution is 6.60. The van der Waals surface area contributed by atoms with Crippen LogP contribution in [0.4, 0.5) is 0 Å². The van der Waals surface area contributed by atoms with Gasteiger partial charge in [-0.3, -0.25) is 0 Å². The largest absolute Gasteiger partial charge is 0.500 e. The van der Waals surface area contributed by atoms with E-state index in [0.29, 0.717) is 0 Å². The molecule has 0 saturated heterocycles. The summed E-state index contributed by atoms with van der Waals surface area (Å²) in [5.74, 6) is 0. The molecule has 0 unspecified atom stereocenters. The van der Waals surface area contributed by atoms with E-state index in [4.69, 9.17) is 13.3 Å². The van der Waals surface area contributed by atoms with Gasteiger partial charge in [-0.05, 0) is 27.1 Å². The molecule has 0 atom stereocenters. The molecule has 0 aromatic heterocycles. The van der Waals surface area contributed by atoms with Crippen LogP contribution in [-0.2, 0) is 13.3 Å². The molecule has 0 aliphatic rings. The molecule has 0 bridgehead atoms. The Hall–Kier alpha value is 0.0569. The van der Waals surface area contributed by atoms with E-state index in [1.54, 1.807) is 21.3 Å². The fourth-order valence-corrected chi connectivity index (χ4v) is 5.56. The van der Waals surface area contributed by atoms with Crippen LogP contribution in [-0.4, -0.2) is 55.7 Å². The van der Waals surface area contributed by atoms with Gasteiger partial charge in [-0.25, -0.2) is 0 Å². The highest BCUT2D eigenvalue weighted by Gasteiger charge is 2.36. The maximum Gasteiger partial charge on any atom is 0.500 e. The first kappa shape index (κ1) is 33.2. The van der Waals surface area contributed by atoms with Crippen molar-refractivity contribution in [2.75, 3.05) is 42.0 Å². The Morgan fingerprint density at radius 2 is 0.806 bits per heavy atom. The summed E-state index contributed by atoms with van der Waals surface area (Å²) in [7, 11) is 7.03. The van der Waals surface area contributed by atoms with Gasteiger partial charge in [0.05, 0.1) is 0 Å². The number of hydrogen-bond acceptors (Lipinski definition) is 4. The van der Waals surface area contributed by atoms with Crippen molar-refractivity contribution < 1.29 is 13.3 Å². The van der Waals surface area contributed by atoms with Gasteiger partial charge in [0.15, 0.2) is 0 Å². The van der Waals surface area contributed by atoms with Gasteiger partial charge in [0.25, 0.3) is 0 Å². The van der Waals surface area contributed by atoms with E-state index in [9.17, 15) is 0 Å². The van der Waals surface area contributed by atoms with Crippen LogP contribution in [0.15, 0.2) is 0 Å². The average Bonchev–Trinajstić information content (AvgIpc) is 2.77. The molecule has 5 heteroatoms.